The van der Waals surface area contributed by atoms with E-state index in [0.29, 0.717) is 0 Å². The number of allylic oxidation sites excluding steroid dienone is 2. The molecule has 2 unspecified atom stereocenters. The number of hydrogen-bond donors (Lipinski definition) is 0. The summed E-state index contributed by atoms with van der Waals surface area (Å²) in [5.74, 6) is 1.88. The van der Waals surface area contributed by atoms with Crippen LogP contribution in [0, 0.1) is 11.8 Å². The Bertz CT molecular complexity index is 190. The van der Waals surface area contributed by atoms with E-state index in [0.717, 1.165) is 11.8 Å². The maximum Gasteiger partial charge on any atom is -0.0323 e. The highest BCUT2D eigenvalue weighted by Gasteiger charge is 2.06. The predicted molar refractivity (Wildman–Crippen MR) is 69.0 cm³/mol. The van der Waals surface area contributed by atoms with Crippen molar-refractivity contribution in [1.29, 1.82) is 0 Å². The van der Waals surface area contributed by atoms with E-state index >= 15 is 0 Å². The lowest BCUT2D eigenvalue weighted by Gasteiger charge is -2.15. The summed E-state index contributed by atoms with van der Waals surface area (Å²) in [6.45, 7) is 7.15. The lowest BCUT2D eigenvalue weighted by molar-refractivity contribution is 0.403. The van der Waals surface area contributed by atoms with Crippen LogP contribution in [-0.2, 0) is 0 Å². The van der Waals surface area contributed by atoms with Gasteiger partial charge in [0.05, 0.1) is 0 Å². The van der Waals surface area contributed by atoms with E-state index in [1.54, 1.807) is 5.57 Å². The smallest absolute Gasteiger partial charge is 0.0323 e. The van der Waals surface area contributed by atoms with Gasteiger partial charge in [0.25, 0.3) is 0 Å². The predicted octanol–water partition coefficient (Wildman–Crippen LogP) is 5.34. The first-order valence-electron chi connectivity index (χ1n) is 6.84. The van der Waals surface area contributed by atoms with Crippen LogP contribution in [0.25, 0.3) is 0 Å². The van der Waals surface area contributed by atoms with Gasteiger partial charge in [-0.1, -0.05) is 51.2 Å². The fourth-order valence-corrected chi connectivity index (χ4v) is 2.55. The number of rotatable bonds is 0. The second kappa shape index (κ2) is 7.09. The van der Waals surface area contributed by atoms with Crippen molar-refractivity contribution >= 4 is 0 Å². The minimum absolute atomic E-state index is 0.931. The molecule has 0 saturated carbocycles. The largest absolute Gasteiger partial charge is 0.0856 e. The quantitative estimate of drug-likeness (QED) is 0.471. The second-order valence-corrected chi connectivity index (χ2v) is 5.66. The Labute approximate surface area is 96.2 Å². The van der Waals surface area contributed by atoms with E-state index < -0.39 is 0 Å². The zero-order chi connectivity index (χ0) is 11.1. The number of hydrogen-bond acceptors (Lipinski definition) is 0. The van der Waals surface area contributed by atoms with Gasteiger partial charge in [0.15, 0.2) is 0 Å². The minimum atomic E-state index is 0.931. The summed E-state index contributed by atoms with van der Waals surface area (Å²) in [6.07, 6.45) is 13.7. The van der Waals surface area contributed by atoms with Crippen LogP contribution >= 0.6 is 0 Å². The molecule has 0 N–H and O–H groups in total. The van der Waals surface area contributed by atoms with E-state index in [1.807, 2.05) is 0 Å². The molecule has 1 rings (SSSR count). The van der Waals surface area contributed by atoms with Crippen LogP contribution in [0.2, 0.25) is 0 Å². The third kappa shape index (κ3) is 6.02. The Morgan fingerprint density at radius 1 is 0.933 bits per heavy atom. The Morgan fingerprint density at radius 3 is 2.27 bits per heavy atom. The average Bonchev–Trinajstić information content (AvgIpc) is 2.16. The Balaban J connectivity index is 2.41. The van der Waals surface area contributed by atoms with Crippen molar-refractivity contribution in [3.63, 3.8) is 0 Å². The standard InChI is InChI=1S/C15H28/c1-13-7-4-9-14(2)11-6-12-15(3)10-5-8-13/h7,14-15H,4-6,8-12H2,1-3H3. The first kappa shape index (κ1) is 12.8. The molecule has 0 fully saturated rings. The molecule has 15 heavy (non-hydrogen) atoms. The van der Waals surface area contributed by atoms with Crippen molar-refractivity contribution in [2.45, 2.75) is 72.1 Å². The van der Waals surface area contributed by atoms with Crippen LogP contribution in [0.4, 0.5) is 0 Å². The van der Waals surface area contributed by atoms with Crippen molar-refractivity contribution in [3.05, 3.63) is 11.6 Å². The van der Waals surface area contributed by atoms with Gasteiger partial charge in [-0.05, 0) is 44.4 Å². The third-order valence-electron chi connectivity index (χ3n) is 3.81. The van der Waals surface area contributed by atoms with Crippen LogP contribution in [0.5, 0.6) is 0 Å². The molecule has 0 bridgehead atoms. The highest BCUT2D eigenvalue weighted by molar-refractivity contribution is 4.97. The molecule has 0 aliphatic heterocycles. The molecule has 0 aromatic carbocycles. The van der Waals surface area contributed by atoms with Crippen LogP contribution in [0.3, 0.4) is 0 Å². The molecule has 0 nitrogen and oxygen atoms in total. The Hall–Kier alpha value is -0.260. The molecule has 1 aliphatic carbocycles. The minimum Gasteiger partial charge on any atom is -0.0856 e. The van der Waals surface area contributed by atoms with Gasteiger partial charge in [-0.2, -0.15) is 0 Å². The molecule has 2 atom stereocenters. The molecule has 0 amide bonds. The summed E-state index contributed by atoms with van der Waals surface area (Å²) in [5, 5.41) is 0. The summed E-state index contributed by atoms with van der Waals surface area (Å²) in [5.41, 5.74) is 1.62. The van der Waals surface area contributed by atoms with E-state index in [4.69, 9.17) is 0 Å². The van der Waals surface area contributed by atoms with Crippen LogP contribution < -0.4 is 0 Å². The van der Waals surface area contributed by atoms with Gasteiger partial charge in [0.2, 0.25) is 0 Å². The van der Waals surface area contributed by atoms with Gasteiger partial charge in [0, 0.05) is 0 Å². The summed E-state index contributed by atoms with van der Waals surface area (Å²) < 4.78 is 0. The molecular weight excluding hydrogens is 180 g/mol. The molecule has 0 heteroatoms. The first-order valence-corrected chi connectivity index (χ1v) is 6.84. The molecule has 0 heterocycles. The highest BCUT2D eigenvalue weighted by atomic mass is 14.1. The van der Waals surface area contributed by atoms with E-state index in [-0.39, 0.29) is 0 Å². The lowest BCUT2D eigenvalue weighted by atomic mass is 9.91. The molecule has 0 radical (unpaired) electrons. The van der Waals surface area contributed by atoms with Crippen molar-refractivity contribution in [3.8, 4) is 0 Å². The van der Waals surface area contributed by atoms with Gasteiger partial charge >= 0.3 is 0 Å². The summed E-state index contributed by atoms with van der Waals surface area (Å²) >= 11 is 0. The topological polar surface area (TPSA) is 0 Å². The van der Waals surface area contributed by atoms with E-state index in [1.165, 1.54) is 51.4 Å². The van der Waals surface area contributed by atoms with Crippen LogP contribution in [0.15, 0.2) is 11.6 Å². The van der Waals surface area contributed by atoms with Gasteiger partial charge in [-0.25, -0.2) is 0 Å². The van der Waals surface area contributed by atoms with Crippen LogP contribution in [0.1, 0.15) is 72.1 Å². The fourth-order valence-electron chi connectivity index (χ4n) is 2.55. The lowest BCUT2D eigenvalue weighted by Crippen LogP contribution is -2.00. The summed E-state index contributed by atoms with van der Waals surface area (Å²) in [6, 6.07) is 0. The molecule has 1 aliphatic rings. The zero-order valence-corrected chi connectivity index (χ0v) is 10.9. The first-order chi connectivity index (χ1) is 7.18. The molecule has 0 saturated heterocycles. The van der Waals surface area contributed by atoms with Gasteiger partial charge < -0.3 is 0 Å². The van der Waals surface area contributed by atoms with E-state index in [2.05, 4.69) is 26.8 Å². The second-order valence-electron chi connectivity index (χ2n) is 5.66. The van der Waals surface area contributed by atoms with Crippen molar-refractivity contribution < 1.29 is 0 Å². The Morgan fingerprint density at radius 2 is 1.53 bits per heavy atom. The molecular formula is C15H28. The van der Waals surface area contributed by atoms with Crippen molar-refractivity contribution in [2.24, 2.45) is 11.8 Å². The van der Waals surface area contributed by atoms with Gasteiger partial charge in [-0.3, -0.25) is 0 Å². The third-order valence-corrected chi connectivity index (χ3v) is 3.81. The van der Waals surface area contributed by atoms with Gasteiger partial charge in [0.1, 0.15) is 0 Å². The zero-order valence-electron chi connectivity index (χ0n) is 10.9. The van der Waals surface area contributed by atoms with Gasteiger partial charge in [-0.15, -0.1) is 0 Å². The van der Waals surface area contributed by atoms with E-state index in [9.17, 15) is 0 Å². The molecule has 0 spiro atoms. The summed E-state index contributed by atoms with van der Waals surface area (Å²) in [4.78, 5) is 0. The monoisotopic (exact) mass is 208 g/mol. The SMILES string of the molecule is CC1=CCCC(C)CCCC(C)CCC1. The van der Waals surface area contributed by atoms with Crippen molar-refractivity contribution in [1.82, 2.24) is 0 Å². The fraction of sp³-hybridized carbons (Fsp3) is 0.867. The maximum absolute atomic E-state index is 2.47. The Kier molecular flexibility index (Phi) is 6.05. The van der Waals surface area contributed by atoms with Crippen molar-refractivity contribution in [2.75, 3.05) is 0 Å². The van der Waals surface area contributed by atoms with Crippen LogP contribution in [-0.4, -0.2) is 0 Å². The molecule has 0 aromatic rings. The molecule has 0 aromatic heterocycles. The highest BCUT2D eigenvalue weighted by Crippen LogP contribution is 2.22. The summed E-state index contributed by atoms with van der Waals surface area (Å²) in [7, 11) is 0. The normalized spacial score (nSPS) is 31.3. The molecule has 88 valence electrons. The maximum atomic E-state index is 2.47. The average molecular weight is 208 g/mol.